The van der Waals surface area contributed by atoms with Crippen LogP contribution in [0, 0.1) is 0 Å². The largest absolute Gasteiger partial charge is 0.296 e. The monoisotopic (exact) mass is 479 g/mol. The Kier molecular flexibility index (Phi) is 6.17. The molecule has 4 aromatic rings. The molecule has 0 aliphatic heterocycles. The first-order chi connectivity index (χ1) is 14.0. The third-order valence-corrected chi connectivity index (χ3v) is 7.71. The number of nitrogens with zero attached hydrogens (tertiary/aromatic N) is 2. The van der Waals surface area contributed by atoms with E-state index in [-0.39, 0.29) is 17.4 Å². The molecule has 0 saturated heterocycles. The number of hydrogen-bond donors (Lipinski definition) is 1. The van der Waals surface area contributed by atoms with Crippen LogP contribution in [0.5, 0.6) is 0 Å². The summed E-state index contributed by atoms with van der Waals surface area (Å²) >= 11 is 16.1. The number of thioether (sulfide) groups is 1. The Morgan fingerprint density at radius 1 is 1.03 bits per heavy atom. The molecule has 2 aromatic carbocycles. The van der Waals surface area contributed by atoms with Gasteiger partial charge in [0, 0.05) is 20.7 Å². The molecule has 2 aromatic heterocycles. The highest BCUT2D eigenvalue weighted by Gasteiger charge is 2.19. The molecule has 1 amide bonds. The Labute approximate surface area is 188 Å². The summed E-state index contributed by atoms with van der Waals surface area (Å²) < 4.78 is 1.43. The number of carbonyl (C=O) groups excluding carboxylic acids is 2. The van der Waals surface area contributed by atoms with Crippen molar-refractivity contribution in [3.05, 3.63) is 69.0 Å². The van der Waals surface area contributed by atoms with Gasteiger partial charge in [-0.25, -0.2) is 0 Å². The van der Waals surface area contributed by atoms with Crippen LogP contribution in [0.25, 0.3) is 10.1 Å². The van der Waals surface area contributed by atoms with Gasteiger partial charge in [0.05, 0.1) is 10.8 Å². The number of thiophene rings is 1. The lowest BCUT2D eigenvalue weighted by molar-refractivity contribution is 0.101. The molecule has 0 radical (unpaired) electrons. The van der Waals surface area contributed by atoms with Gasteiger partial charge in [-0.15, -0.1) is 21.5 Å². The van der Waals surface area contributed by atoms with E-state index in [1.165, 1.54) is 34.4 Å². The number of amides is 1. The highest BCUT2D eigenvalue weighted by molar-refractivity contribution is 8.01. The van der Waals surface area contributed by atoms with Gasteiger partial charge in [0.2, 0.25) is 5.13 Å². The molecule has 0 unspecified atom stereocenters. The molecule has 10 heteroatoms. The normalized spacial score (nSPS) is 11.0. The summed E-state index contributed by atoms with van der Waals surface area (Å²) in [4.78, 5) is 25.2. The van der Waals surface area contributed by atoms with Gasteiger partial charge < -0.3 is 0 Å². The molecule has 0 atom stereocenters. The van der Waals surface area contributed by atoms with Gasteiger partial charge in [-0.2, -0.15) is 0 Å². The zero-order chi connectivity index (χ0) is 20.4. The van der Waals surface area contributed by atoms with E-state index in [1.807, 2.05) is 18.2 Å². The molecule has 0 aliphatic carbocycles. The smallest absolute Gasteiger partial charge is 0.269 e. The molecule has 0 bridgehead atoms. The van der Waals surface area contributed by atoms with Crippen LogP contribution in [0.1, 0.15) is 20.0 Å². The van der Waals surface area contributed by atoms with Crippen LogP contribution in [0.4, 0.5) is 5.13 Å². The van der Waals surface area contributed by atoms with E-state index in [2.05, 4.69) is 15.5 Å². The SMILES string of the molecule is O=C(CSc1nnc(NC(=O)c2sc3cc(Cl)ccc3c2Cl)s1)c1ccccc1. The molecule has 0 saturated carbocycles. The predicted molar refractivity (Wildman–Crippen MR) is 121 cm³/mol. The Balaban J connectivity index is 1.42. The molecule has 1 N–H and O–H groups in total. The summed E-state index contributed by atoms with van der Waals surface area (Å²) in [5, 5.41) is 12.8. The van der Waals surface area contributed by atoms with Crippen molar-refractivity contribution >= 4 is 84.5 Å². The second-order valence-corrected chi connectivity index (χ2v) is 9.86. The van der Waals surface area contributed by atoms with Crippen molar-refractivity contribution in [2.75, 3.05) is 11.1 Å². The van der Waals surface area contributed by atoms with Gasteiger partial charge in [-0.1, -0.05) is 82.7 Å². The number of fused-ring (bicyclic) bond motifs is 1. The van der Waals surface area contributed by atoms with Gasteiger partial charge in [0.25, 0.3) is 5.91 Å². The zero-order valence-corrected chi connectivity index (χ0v) is 18.5. The molecule has 0 fully saturated rings. The Morgan fingerprint density at radius 2 is 1.83 bits per heavy atom. The summed E-state index contributed by atoms with van der Waals surface area (Å²) in [6, 6.07) is 14.3. The minimum Gasteiger partial charge on any atom is -0.296 e. The van der Waals surface area contributed by atoms with Crippen molar-refractivity contribution in [1.29, 1.82) is 0 Å². The molecule has 5 nitrogen and oxygen atoms in total. The van der Waals surface area contributed by atoms with E-state index >= 15 is 0 Å². The second kappa shape index (κ2) is 8.81. The fourth-order valence-electron chi connectivity index (χ4n) is 2.49. The van der Waals surface area contributed by atoms with E-state index in [0.29, 0.717) is 30.0 Å². The van der Waals surface area contributed by atoms with Crippen LogP contribution in [0.2, 0.25) is 10.0 Å². The van der Waals surface area contributed by atoms with Crippen LogP contribution < -0.4 is 5.32 Å². The molecule has 0 spiro atoms. The van der Waals surface area contributed by atoms with Gasteiger partial charge >= 0.3 is 0 Å². The quantitative estimate of drug-likeness (QED) is 0.200. The predicted octanol–water partition coefficient (Wildman–Crippen LogP) is 6.29. The second-order valence-electron chi connectivity index (χ2n) is 5.79. The fourth-order valence-corrected chi connectivity index (χ4v) is 5.82. The van der Waals surface area contributed by atoms with Crippen molar-refractivity contribution < 1.29 is 9.59 Å². The number of halogens is 2. The van der Waals surface area contributed by atoms with Crippen LogP contribution in [0.3, 0.4) is 0 Å². The molecular weight excluding hydrogens is 469 g/mol. The van der Waals surface area contributed by atoms with E-state index in [9.17, 15) is 9.59 Å². The minimum absolute atomic E-state index is 0.00658. The van der Waals surface area contributed by atoms with Crippen LogP contribution >= 0.6 is 57.6 Å². The molecule has 2 heterocycles. The Hall–Kier alpha value is -1.97. The first kappa shape index (κ1) is 20.3. The van der Waals surface area contributed by atoms with Crippen molar-refractivity contribution in [2.24, 2.45) is 0 Å². The average molecular weight is 480 g/mol. The molecule has 4 rings (SSSR count). The van der Waals surface area contributed by atoms with Crippen LogP contribution in [-0.4, -0.2) is 27.6 Å². The average Bonchev–Trinajstić information content (AvgIpc) is 3.30. The lowest BCUT2D eigenvalue weighted by atomic mass is 10.2. The standard InChI is InChI=1S/C19H11Cl2N3O2S3/c20-11-6-7-12-14(8-11)28-16(15(12)21)17(26)22-18-23-24-19(29-18)27-9-13(25)10-4-2-1-3-5-10/h1-8H,9H2,(H,22,23,26). The highest BCUT2D eigenvalue weighted by atomic mass is 35.5. The lowest BCUT2D eigenvalue weighted by Gasteiger charge is -1.99. The van der Waals surface area contributed by atoms with E-state index in [0.717, 1.165) is 10.1 Å². The zero-order valence-electron chi connectivity index (χ0n) is 14.5. The number of benzene rings is 2. The van der Waals surface area contributed by atoms with E-state index < -0.39 is 0 Å². The van der Waals surface area contributed by atoms with Gasteiger partial charge in [0.1, 0.15) is 4.88 Å². The van der Waals surface area contributed by atoms with Crippen molar-refractivity contribution in [3.8, 4) is 0 Å². The summed E-state index contributed by atoms with van der Waals surface area (Å²) in [6.07, 6.45) is 0. The maximum Gasteiger partial charge on any atom is 0.269 e. The minimum atomic E-state index is -0.361. The first-order valence-corrected chi connectivity index (χ1v) is 11.6. The van der Waals surface area contributed by atoms with Crippen LogP contribution in [-0.2, 0) is 0 Å². The van der Waals surface area contributed by atoms with Crippen molar-refractivity contribution in [2.45, 2.75) is 4.34 Å². The number of ketones is 1. The number of nitrogens with one attached hydrogen (secondary N) is 1. The number of Topliss-reactive ketones (excluding diaryl/α,β-unsaturated/α-hetero) is 1. The molecule has 29 heavy (non-hydrogen) atoms. The van der Waals surface area contributed by atoms with Gasteiger partial charge in [-0.05, 0) is 12.1 Å². The first-order valence-electron chi connectivity index (χ1n) is 8.24. The van der Waals surface area contributed by atoms with Crippen molar-refractivity contribution in [1.82, 2.24) is 10.2 Å². The third-order valence-electron chi connectivity index (χ3n) is 3.85. The van der Waals surface area contributed by atoms with Crippen LogP contribution in [0.15, 0.2) is 52.9 Å². The summed E-state index contributed by atoms with van der Waals surface area (Å²) in [5.41, 5.74) is 0.651. The molecule has 146 valence electrons. The van der Waals surface area contributed by atoms with Crippen molar-refractivity contribution in [3.63, 3.8) is 0 Å². The number of aromatic nitrogens is 2. The fraction of sp³-hybridized carbons (Fsp3) is 0.0526. The maximum absolute atomic E-state index is 12.6. The number of carbonyl (C=O) groups is 2. The number of anilines is 1. The third kappa shape index (κ3) is 4.62. The summed E-state index contributed by atoms with van der Waals surface area (Å²) in [6.45, 7) is 0. The van der Waals surface area contributed by atoms with Gasteiger partial charge in [0.15, 0.2) is 10.1 Å². The molecular formula is C19H11Cl2N3O2S3. The lowest BCUT2D eigenvalue weighted by Crippen LogP contribution is -2.10. The summed E-state index contributed by atoms with van der Waals surface area (Å²) in [7, 11) is 0. The maximum atomic E-state index is 12.6. The van der Waals surface area contributed by atoms with E-state index in [1.54, 1.807) is 30.3 Å². The number of hydrogen-bond acceptors (Lipinski definition) is 7. The Morgan fingerprint density at radius 3 is 2.62 bits per heavy atom. The Bertz CT molecular complexity index is 1210. The summed E-state index contributed by atoms with van der Waals surface area (Å²) in [5.74, 6) is -0.109. The number of rotatable bonds is 6. The molecule has 0 aliphatic rings. The van der Waals surface area contributed by atoms with Gasteiger partial charge in [-0.3, -0.25) is 14.9 Å². The topological polar surface area (TPSA) is 72.0 Å². The highest BCUT2D eigenvalue weighted by Crippen LogP contribution is 2.37. The van der Waals surface area contributed by atoms with E-state index in [4.69, 9.17) is 23.2 Å².